The van der Waals surface area contributed by atoms with Crippen LogP contribution in [0.2, 0.25) is 0 Å². The topological polar surface area (TPSA) is 59.3 Å². The second-order valence-electron chi connectivity index (χ2n) is 5.28. The molecule has 120 valence electrons. The molecule has 1 amide bonds. The molecule has 3 rings (SSSR count). The molecule has 24 heavy (non-hydrogen) atoms. The predicted molar refractivity (Wildman–Crippen MR) is 97.2 cm³/mol. The average Bonchev–Trinajstić information content (AvgIpc) is 2.59. The first-order valence-corrected chi connectivity index (χ1v) is 8.11. The zero-order valence-corrected chi connectivity index (χ0v) is 14.5. The summed E-state index contributed by atoms with van der Waals surface area (Å²) >= 11 is 3.37. The summed E-state index contributed by atoms with van der Waals surface area (Å²) in [4.78, 5) is 24.5. The molecule has 0 saturated heterocycles. The number of amides is 1. The third kappa shape index (κ3) is 3.46. The van der Waals surface area contributed by atoms with Crippen LogP contribution in [0, 0.1) is 6.92 Å². The van der Waals surface area contributed by atoms with Gasteiger partial charge in [0.1, 0.15) is 11.4 Å². The van der Waals surface area contributed by atoms with E-state index in [0.717, 1.165) is 10.0 Å². The number of halogens is 1. The van der Waals surface area contributed by atoms with Crippen molar-refractivity contribution in [2.75, 3.05) is 5.32 Å². The van der Waals surface area contributed by atoms with E-state index in [4.69, 9.17) is 4.42 Å². The predicted octanol–water partition coefficient (Wildman–Crippen LogP) is 4.63. The maximum Gasteiger partial charge on any atom is 0.360 e. The second kappa shape index (κ2) is 6.84. The Labute approximate surface area is 147 Å². The van der Waals surface area contributed by atoms with Crippen LogP contribution in [0.3, 0.4) is 0 Å². The Kier molecular flexibility index (Phi) is 4.62. The number of carbonyl (C=O) groups excluding carboxylic acids is 1. The zero-order chi connectivity index (χ0) is 17.1. The Balaban J connectivity index is 1.92. The van der Waals surface area contributed by atoms with E-state index in [-0.39, 0.29) is 11.6 Å². The van der Waals surface area contributed by atoms with Gasteiger partial charge in [-0.15, -0.1) is 0 Å². The first-order chi connectivity index (χ1) is 11.5. The molecule has 1 N–H and O–H groups in total. The van der Waals surface area contributed by atoms with E-state index in [1.807, 2.05) is 30.3 Å². The standard InChI is InChI=1S/C19H14BrNO3/c1-12-11-16(13-7-9-15(20)10-8-13)24-19(23)17(12)21-18(22)14-5-3-2-4-6-14/h2-11H,1H3,(H,21,22). The van der Waals surface area contributed by atoms with Gasteiger partial charge in [0.25, 0.3) is 5.91 Å². The van der Waals surface area contributed by atoms with Gasteiger partial charge in [0.15, 0.2) is 0 Å². The smallest absolute Gasteiger partial charge is 0.360 e. The summed E-state index contributed by atoms with van der Waals surface area (Å²) in [5, 5.41) is 2.63. The summed E-state index contributed by atoms with van der Waals surface area (Å²) in [6.45, 7) is 1.76. The van der Waals surface area contributed by atoms with Crippen LogP contribution in [0.1, 0.15) is 15.9 Å². The van der Waals surface area contributed by atoms with Gasteiger partial charge in [-0.05, 0) is 42.8 Å². The van der Waals surface area contributed by atoms with Crippen LogP contribution in [-0.2, 0) is 0 Å². The molecule has 0 aliphatic carbocycles. The first-order valence-electron chi connectivity index (χ1n) is 7.31. The van der Waals surface area contributed by atoms with Crippen LogP contribution in [-0.4, -0.2) is 5.91 Å². The minimum Gasteiger partial charge on any atom is -0.421 e. The van der Waals surface area contributed by atoms with Crippen molar-refractivity contribution in [2.24, 2.45) is 0 Å². The summed E-state index contributed by atoms with van der Waals surface area (Å²) in [6.07, 6.45) is 0. The fraction of sp³-hybridized carbons (Fsp3) is 0.0526. The van der Waals surface area contributed by atoms with E-state index in [0.29, 0.717) is 16.9 Å². The van der Waals surface area contributed by atoms with Crippen molar-refractivity contribution in [1.82, 2.24) is 0 Å². The quantitative estimate of drug-likeness (QED) is 0.716. The lowest BCUT2D eigenvalue weighted by atomic mass is 10.1. The van der Waals surface area contributed by atoms with E-state index in [9.17, 15) is 9.59 Å². The molecule has 0 unspecified atom stereocenters. The van der Waals surface area contributed by atoms with Gasteiger partial charge in [0.2, 0.25) is 0 Å². The van der Waals surface area contributed by atoms with Crippen LogP contribution < -0.4 is 10.9 Å². The number of rotatable bonds is 3. The lowest BCUT2D eigenvalue weighted by Crippen LogP contribution is -2.19. The van der Waals surface area contributed by atoms with E-state index in [1.54, 1.807) is 37.3 Å². The van der Waals surface area contributed by atoms with E-state index < -0.39 is 5.63 Å². The molecular formula is C19H14BrNO3. The van der Waals surface area contributed by atoms with Crippen molar-refractivity contribution in [1.29, 1.82) is 0 Å². The Bertz CT molecular complexity index is 931. The summed E-state index contributed by atoms with van der Waals surface area (Å²) in [6, 6.07) is 17.9. The number of hydrogen-bond donors (Lipinski definition) is 1. The fourth-order valence-corrected chi connectivity index (χ4v) is 2.56. The number of benzene rings is 2. The Hall–Kier alpha value is -2.66. The molecule has 4 nitrogen and oxygen atoms in total. The molecule has 0 saturated carbocycles. The number of hydrogen-bond acceptors (Lipinski definition) is 3. The van der Waals surface area contributed by atoms with Crippen LogP contribution in [0.25, 0.3) is 11.3 Å². The van der Waals surface area contributed by atoms with Crippen LogP contribution in [0.5, 0.6) is 0 Å². The number of carbonyl (C=O) groups is 1. The van der Waals surface area contributed by atoms with Crippen molar-refractivity contribution in [3.05, 3.63) is 86.7 Å². The molecule has 0 aliphatic heterocycles. The highest BCUT2D eigenvalue weighted by atomic mass is 79.9. The SMILES string of the molecule is Cc1cc(-c2ccc(Br)cc2)oc(=O)c1NC(=O)c1ccccc1. The van der Waals surface area contributed by atoms with Gasteiger partial charge in [-0.1, -0.05) is 46.3 Å². The van der Waals surface area contributed by atoms with Crippen molar-refractivity contribution in [3.63, 3.8) is 0 Å². The first kappa shape index (κ1) is 16.2. The molecule has 0 fully saturated rings. The molecule has 3 aromatic rings. The third-order valence-corrected chi connectivity index (χ3v) is 4.08. The van der Waals surface area contributed by atoms with Crippen LogP contribution in [0.15, 0.2) is 74.3 Å². The molecule has 0 spiro atoms. The highest BCUT2D eigenvalue weighted by molar-refractivity contribution is 9.10. The van der Waals surface area contributed by atoms with Crippen molar-refractivity contribution >= 4 is 27.5 Å². The summed E-state index contributed by atoms with van der Waals surface area (Å²) < 4.78 is 6.31. The van der Waals surface area contributed by atoms with Gasteiger partial charge in [0.05, 0.1) is 0 Å². The molecule has 2 aromatic carbocycles. The van der Waals surface area contributed by atoms with Crippen molar-refractivity contribution in [3.8, 4) is 11.3 Å². The Morgan fingerprint density at radius 2 is 1.71 bits per heavy atom. The Morgan fingerprint density at radius 1 is 1.04 bits per heavy atom. The summed E-state index contributed by atoms with van der Waals surface area (Å²) in [7, 11) is 0. The van der Waals surface area contributed by atoms with E-state index in [2.05, 4.69) is 21.2 Å². The molecule has 1 aromatic heterocycles. The largest absolute Gasteiger partial charge is 0.421 e. The number of nitrogens with one attached hydrogen (secondary N) is 1. The normalized spacial score (nSPS) is 10.4. The maximum atomic E-state index is 12.3. The van der Waals surface area contributed by atoms with Gasteiger partial charge < -0.3 is 9.73 Å². The molecule has 1 heterocycles. The zero-order valence-electron chi connectivity index (χ0n) is 12.9. The fourth-order valence-electron chi connectivity index (χ4n) is 2.29. The summed E-state index contributed by atoms with van der Waals surface area (Å²) in [5.41, 5.74) is 1.50. The van der Waals surface area contributed by atoms with Gasteiger partial charge in [0, 0.05) is 15.6 Å². The second-order valence-corrected chi connectivity index (χ2v) is 6.20. The third-order valence-electron chi connectivity index (χ3n) is 3.55. The van der Waals surface area contributed by atoms with Crippen LogP contribution >= 0.6 is 15.9 Å². The number of aryl methyl sites for hydroxylation is 1. The lowest BCUT2D eigenvalue weighted by Gasteiger charge is -2.09. The van der Waals surface area contributed by atoms with E-state index in [1.165, 1.54) is 0 Å². The monoisotopic (exact) mass is 383 g/mol. The highest BCUT2D eigenvalue weighted by Gasteiger charge is 2.14. The molecular weight excluding hydrogens is 370 g/mol. The molecule has 0 aliphatic rings. The highest BCUT2D eigenvalue weighted by Crippen LogP contribution is 2.24. The minimum atomic E-state index is -0.572. The average molecular weight is 384 g/mol. The molecule has 0 bridgehead atoms. The Morgan fingerprint density at radius 3 is 2.33 bits per heavy atom. The minimum absolute atomic E-state index is 0.157. The molecule has 0 atom stereocenters. The van der Waals surface area contributed by atoms with Gasteiger partial charge in [-0.3, -0.25) is 4.79 Å². The summed E-state index contributed by atoms with van der Waals surface area (Å²) in [5.74, 6) is 0.116. The van der Waals surface area contributed by atoms with Gasteiger partial charge >= 0.3 is 5.63 Å². The van der Waals surface area contributed by atoms with Crippen LogP contribution in [0.4, 0.5) is 5.69 Å². The van der Waals surface area contributed by atoms with Gasteiger partial charge in [-0.2, -0.15) is 0 Å². The molecule has 0 radical (unpaired) electrons. The number of anilines is 1. The van der Waals surface area contributed by atoms with Crippen molar-refractivity contribution < 1.29 is 9.21 Å². The van der Waals surface area contributed by atoms with E-state index >= 15 is 0 Å². The lowest BCUT2D eigenvalue weighted by molar-refractivity contribution is 0.102. The van der Waals surface area contributed by atoms with Gasteiger partial charge in [-0.25, -0.2) is 4.79 Å². The van der Waals surface area contributed by atoms with Crippen molar-refractivity contribution in [2.45, 2.75) is 6.92 Å². The maximum absolute atomic E-state index is 12.3. The molecule has 5 heteroatoms.